The number of benzene rings is 1. The van der Waals surface area contributed by atoms with Gasteiger partial charge in [-0.1, -0.05) is 11.6 Å². The molecule has 0 aromatic heterocycles. The molecule has 0 bridgehead atoms. The molecule has 0 unspecified atom stereocenters. The zero-order valence-electron chi connectivity index (χ0n) is 6.58. The molecule has 0 N–H and O–H groups in total. The zero-order valence-corrected chi connectivity index (χ0v) is 7.34. The van der Waals surface area contributed by atoms with Gasteiger partial charge in [0.15, 0.2) is 11.6 Å². The lowest BCUT2D eigenvalue weighted by Crippen LogP contribution is -1.93. The number of rotatable bonds is 2. The zero-order chi connectivity index (χ0) is 10.0. The Labute approximate surface area is 78.0 Å². The first kappa shape index (κ1) is 9.73. The maximum absolute atomic E-state index is 13.0. The molecule has 1 rings (SSSR count). The molecule has 0 aliphatic heterocycles. The number of nitro benzene ring substituents is 1. The summed E-state index contributed by atoms with van der Waals surface area (Å²) >= 11 is 5.51. The number of nitrogens with zero attached hydrogens (tertiary/aromatic N) is 1. The van der Waals surface area contributed by atoms with E-state index < -0.39 is 16.4 Å². The summed E-state index contributed by atoms with van der Waals surface area (Å²) in [7, 11) is 1.23. The lowest BCUT2D eigenvalue weighted by atomic mass is 10.3. The molecular formula is C7H5ClFNO3. The number of hydrogen-bond acceptors (Lipinski definition) is 3. The van der Waals surface area contributed by atoms with Crippen LogP contribution >= 0.6 is 11.6 Å². The number of hydrogen-bond donors (Lipinski definition) is 0. The van der Waals surface area contributed by atoms with Crippen molar-refractivity contribution in [3.05, 3.63) is 33.1 Å². The number of methoxy groups -OCH3 is 1. The largest absolute Gasteiger partial charge is 0.492 e. The van der Waals surface area contributed by atoms with Gasteiger partial charge in [-0.15, -0.1) is 0 Å². The van der Waals surface area contributed by atoms with Gasteiger partial charge in [0.2, 0.25) is 0 Å². The van der Waals surface area contributed by atoms with Crippen LogP contribution in [-0.2, 0) is 0 Å². The van der Waals surface area contributed by atoms with Gasteiger partial charge in [0, 0.05) is 6.07 Å². The van der Waals surface area contributed by atoms with Crippen molar-refractivity contribution in [3.63, 3.8) is 0 Å². The molecule has 0 heterocycles. The van der Waals surface area contributed by atoms with Crippen LogP contribution in [0.1, 0.15) is 0 Å². The van der Waals surface area contributed by atoms with E-state index in [-0.39, 0.29) is 10.8 Å². The summed E-state index contributed by atoms with van der Waals surface area (Å²) < 4.78 is 17.5. The van der Waals surface area contributed by atoms with Crippen molar-refractivity contribution in [2.24, 2.45) is 0 Å². The van der Waals surface area contributed by atoms with E-state index in [1.54, 1.807) is 0 Å². The number of non-ortho nitro benzene ring substituents is 1. The number of nitro groups is 1. The standard InChI is InChI=1S/C7H5ClFNO3/c1-13-7-5(8)2-4(10(11)12)3-6(7)9/h2-3H,1H3. The number of halogens is 2. The van der Waals surface area contributed by atoms with Gasteiger partial charge >= 0.3 is 0 Å². The Kier molecular flexibility index (Phi) is 2.67. The first-order valence-corrected chi connectivity index (χ1v) is 3.61. The van der Waals surface area contributed by atoms with Gasteiger partial charge in [0.05, 0.1) is 23.1 Å². The fraction of sp³-hybridized carbons (Fsp3) is 0.143. The van der Waals surface area contributed by atoms with Gasteiger partial charge in [-0.2, -0.15) is 0 Å². The molecule has 0 aliphatic rings. The van der Waals surface area contributed by atoms with Crippen molar-refractivity contribution < 1.29 is 14.1 Å². The SMILES string of the molecule is COc1c(F)cc([N+](=O)[O-])cc1Cl. The minimum atomic E-state index is -0.846. The van der Waals surface area contributed by atoms with Crippen molar-refractivity contribution in [2.45, 2.75) is 0 Å². The molecule has 0 aliphatic carbocycles. The van der Waals surface area contributed by atoms with Crippen LogP contribution in [0.4, 0.5) is 10.1 Å². The maximum atomic E-state index is 13.0. The van der Waals surface area contributed by atoms with Gasteiger partial charge in [0.1, 0.15) is 0 Å². The molecule has 0 amide bonds. The van der Waals surface area contributed by atoms with Gasteiger partial charge < -0.3 is 4.74 Å². The molecule has 0 saturated carbocycles. The Balaban J connectivity index is 3.28. The van der Waals surface area contributed by atoms with Gasteiger partial charge in [-0.25, -0.2) is 4.39 Å². The van der Waals surface area contributed by atoms with Crippen LogP contribution in [0, 0.1) is 15.9 Å². The Bertz CT molecular complexity index is 333. The van der Waals surface area contributed by atoms with E-state index in [4.69, 9.17) is 11.6 Å². The molecular weight excluding hydrogens is 201 g/mol. The third-order valence-corrected chi connectivity index (χ3v) is 1.68. The van der Waals surface area contributed by atoms with Crippen molar-refractivity contribution in [2.75, 3.05) is 7.11 Å². The topological polar surface area (TPSA) is 52.4 Å². The van der Waals surface area contributed by atoms with Crippen LogP contribution in [0.15, 0.2) is 12.1 Å². The molecule has 0 radical (unpaired) electrons. The van der Waals surface area contributed by atoms with E-state index in [2.05, 4.69) is 4.74 Å². The van der Waals surface area contributed by atoms with Crippen LogP contribution in [0.2, 0.25) is 5.02 Å². The molecule has 13 heavy (non-hydrogen) atoms. The molecule has 0 fully saturated rings. The fourth-order valence-corrected chi connectivity index (χ4v) is 1.13. The Hall–Kier alpha value is -1.36. The van der Waals surface area contributed by atoms with Crippen LogP contribution in [-0.4, -0.2) is 12.0 Å². The van der Waals surface area contributed by atoms with Crippen molar-refractivity contribution in [1.82, 2.24) is 0 Å². The first-order valence-electron chi connectivity index (χ1n) is 3.23. The van der Waals surface area contributed by atoms with Gasteiger partial charge in [-0.3, -0.25) is 10.1 Å². The lowest BCUT2D eigenvalue weighted by molar-refractivity contribution is -0.385. The highest BCUT2D eigenvalue weighted by Crippen LogP contribution is 2.31. The molecule has 6 heteroatoms. The molecule has 70 valence electrons. The molecule has 0 saturated heterocycles. The first-order chi connectivity index (χ1) is 6.06. The smallest absolute Gasteiger partial charge is 0.274 e. The highest BCUT2D eigenvalue weighted by Gasteiger charge is 2.15. The minimum Gasteiger partial charge on any atom is -0.492 e. The summed E-state index contributed by atoms with van der Waals surface area (Å²) in [5.74, 6) is -1.03. The quantitative estimate of drug-likeness (QED) is 0.550. The van der Waals surface area contributed by atoms with Gasteiger partial charge in [-0.05, 0) is 0 Å². The second-order valence-corrected chi connectivity index (χ2v) is 2.61. The fourth-order valence-electron chi connectivity index (χ4n) is 0.847. The average molecular weight is 206 g/mol. The predicted octanol–water partition coefficient (Wildman–Crippen LogP) is 2.40. The van der Waals surface area contributed by atoms with E-state index in [1.165, 1.54) is 7.11 Å². The molecule has 0 spiro atoms. The monoisotopic (exact) mass is 205 g/mol. The molecule has 0 atom stereocenters. The second-order valence-electron chi connectivity index (χ2n) is 2.20. The molecule has 1 aromatic rings. The summed E-state index contributed by atoms with van der Waals surface area (Å²) in [6.45, 7) is 0. The van der Waals surface area contributed by atoms with E-state index in [0.717, 1.165) is 12.1 Å². The highest BCUT2D eigenvalue weighted by molar-refractivity contribution is 6.32. The van der Waals surface area contributed by atoms with Crippen LogP contribution < -0.4 is 4.74 Å². The highest BCUT2D eigenvalue weighted by atomic mass is 35.5. The Morgan fingerprint density at radius 2 is 2.23 bits per heavy atom. The van der Waals surface area contributed by atoms with E-state index in [9.17, 15) is 14.5 Å². The van der Waals surface area contributed by atoms with Crippen molar-refractivity contribution in [3.8, 4) is 5.75 Å². The van der Waals surface area contributed by atoms with Crippen molar-refractivity contribution in [1.29, 1.82) is 0 Å². The van der Waals surface area contributed by atoms with Gasteiger partial charge in [0.25, 0.3) is 5.69 Å². The average Bonchev–Trinajstić information content (AvgIpc) is 2.03. The summed E-state index contributed by atoms with van der Waals surface area (Å²) in [4.78, 5) is 9.52. The van der Waals surface area contributed by atoms with E-state index >= 15 is 0 Å². The third-order valence-electron chi connectivity index (χ3n) is 1.40. The summed E-state index contributed by atoms with van der Waals surface area (Å²) in [5, 5.41) is 10.1. The minimum absolute atomic E-state index is 0.116. The van der Waals surface area contributed by atoms with E-state index in [1.807, 2.05) is 0 Å². The lowest BCUT2D eigenvalue weighted by Gasteiger charge is -2.02. The van der Waals surface area contributed by atoms with E-state index in [0.29, 0.717) is 0 Å². The van der Waals surface area contributed by atoms with Crippen molar-refractivity contribution >= 4 is 17.3 Å². The summed E-state index contributed by atoms with van der Waals surface area (Å²) in [6.07, 6.45) is 0. The molecule has 1 aromatic carbocycles. The Morgan fingerprint density at radius 3 is 2.62 bits per heavy atom. The predicted molar refractivity (Wildman–Crippen MR) is 44.6 cm³/mol. The van der Waals surface area contributed by atoms with Crippen LogP contribution in [0.25, 0.3) is 0 Å². The maximum Gasteiger partial charge on any atom is 0.274 e. The second kappa shape index (κ2) is 3.57. The summed E-state index contributed by atoms with van der Waals surface area (Å²) in [5.41, 5.74) is -0.400. The Morgan fingerprint density at radius 1 is 1.62 bits per heavy atom. The normalized spacial score (nSPS) is 9.77. The third kappa shape index (κ3) is 1.86. The summed E-state index contributed by atoms with van der Waals surface area (Å²) in [6, 6.07) is 1.79. The van der Waals surface area contributed by atoms with Crippen LogP contribution in [0.5, 0.6) is 5.75 Å². The van der Waals surface area contributed by atoms with Crippen LogP contribution in [0.3, 0.4) is 0 Å². The molecule has 4 nitrogen and oxygen atoms in total. The number of ether oxygens (including phenoxy) is 1.